The lowest BCUT2D eigenvalue weighted by Crippen LogP contribution is -2.56. The van der Waals surface area contributed by atoms with Crippen LogP contribution in [-0.4, -0.2) is 124 Å². The van der Waals surface area contributed by atoms with Gasteiger partial charge in [0.15, 0.2) is 6.61 Å². The number of aromatic hydroxyl groups is 1. The van der Waals surface area contributed by atoms with Gasteiger partial charge in [-0.15, -0.1) is 0 Å². The molecule has 3 aromatic rings. The maximum Gasteiger partial charge on any atom is 0.409 e. The first-order valence-electron chi connectivity index (χ1n) is 18.8. The van der Waals surface area contributed by atoms with Gasteiger partial charge in [-0.05, 0) is 75.2 Å². The fraction of sp³-hybridized carbons (Fsp3) is 0.553. The lowest BCUT2D eigenvalue weighted by atomic mass is 9.93. The Morgan fingerprint density at radius 3 is 2.44 bits per heavy atom. The number of pyridine rings is 1. The van der Waals surface area contributed by atoms with Crippen LogP contribution in [-0.2, 0) is 25.5 Å². The van der Waals surface area contributed by atoms with E-state index in [0.29, 0.717) is 42.7 Å². The van der Waals surface area contributed by atoms with Gasteiger partial charge in [-0.25, -0.2) is 9.78 Å². The van der Waals surface area contributed by atoms with Gasteiger partial charge in [0.25, 0.3) is 17.7 Å². The molecule has 3 N–H and O–H groups in total. The highest BCUT2D eigenvalue weighted by Gasteiger charge is 2.36. The van der Waals surface area contributed by atoms with Gasteiger partial charge in [0.1, 0.15) is 29.3 Å². The molecule has 3 fully saturated rings. The van der Waals surface area contributed by atoms with Crippen LogP contribution < -0.4 is 15.4 Å². The van der Waals surface area contributed by atoms with Crippen LogP contribution in [0.5, 0.6) is 11.6 Å². The van der Waals surface area contributed by atoms with Crippen LogP contribution in [0, 0.1) is 13.8 Å². The molecule has 5 amide bonds. The first kappa shape index (κ1) is 38.3. The maximum atomic E-state index is 14.0. The lowest BCUT2D eigenvalue weighted by Gasteiger charge is -2.36. The van der Waals surface area contributed by atoms with Crippen LogP contribution in [0.25, 0.3) is 10.9 Å². The van der Waals surface area contributed by atoms with Gasteiger partial charge in [-0.2, -0.15) is 0 Å². The topological polar surface area (TPSA) is 197 Å². The molecule has 0 bridgehead atoms. The molecular formula is C38H49N7O9. The maximum absolute atomic E-state index is 14.0. The Bertz CT molecular complexity index is 1850. The molecule has 2 atom stereocenters. The summed E-state index contributed by atoms with van der Waals surface area (Å²) in [5.41, 5.74) is 1.53. The summed E-state index contributed by atoms with van der Waals surface area (Å²) in [4.78, 5) is 76.1. The molecule has 2 saturated heterocycles. The molecule has 0 radical (unpaired) electrons. The number of carbonyl (C=O) groups is 5. The molecule has 16 nitrogen and oxygen atoms in total. The number of nitrogens with one attached hydrogen (secondary N) is 2. The summed E-state index contributed by atoms with van der Waals surface area (Å²) in [5.74, 6) is -1.45. The van der Waals surface area contributed by atoms with E-state index < -0.39 is 30.0 Å². The van der Waals surface area contributed by atoms with Crippen molar-refractivity contribution >= 4 is 40.6 Å². The second kappa shape index (κ2) is 17.2. The van der Waals surface area contributed by atoms with Crippen LogP contribution in [0.1, 0.15) is 79.2 Å². The number of fused-ring (bicyclic) bond motifs is 1. The Morgan fingerprint density at radius 1 is 1.00 bits per heavy atom. The average Bonchev–Trinajstić information content (AvgIpc) is 3.77. The van der Waals surface area contributed by atoms with Crippen molar-refractivity contribution in [1.29, 1.82) is 0 Å². The number of amides is 5. The predicted octanol–water partition coefficient (Wildman–Crippen LogP) is 3.01. The smallest absolute Gasteiger partial charge is 0.409 e. The van der Waals surface area contributed by atoms with Crippen LogP contribution in [0.15, 0.2) is 28.8 Å². The Balaban J connectivity index is 1.18. The molecule has 2 aromatic heterocycles. The first-order chi connectivity index (χ1) is 26.0. The second-order valence-electron chi connectivity index (χ2n) is 14.2. The number of hydrogen-bond donors (Lipinski definition) is 3. The number of ether oxygens (including phenoxy) is 2. The van der Waals surface area contributed by atoms with Crippen molar-refractivity contribution in [1.82, 2.24) is 35.5 Å². The summed E-state index contributed by atoms with van der Waals surface area (Å²) < 4.78 is 16.5. The SMILES string of the molecule is CCCCOC(=O)N1CCN(C(=O)C(Cc2c(O)noc2C)NC(=O)c2cc(OCC(=O)N3CCCC3C(=O)NC3CCC3)c3ccc(C)cc3n2)CC1. The molecular weight excluding hydrogens is 698 g/mol. The van der Waals surface area contributed by atoms with Crippen molar-refractivity contribution in [2.24, 2.45) is 0 Å². The third kappa shape index (κ3) is 8.85. The summed E-state index contributed by atoms with van der Waals surface area (Å²) in [6, 6.07) is 5.33. The molecule has 0 spiro atoms. The molecule has 3 aliphatic rings. The summed E-state index contributed by atoms with van der Waals surface area (Å²) in [5, 5.41) is 20.4. The minimum Gasteiger partial charge on any atom is -0.491 e. The largest absolute Gasteiger partial charge is 0.491 e. The van der Waals surface area contributed by atoms with E-state index in [2.05, 4.69) is 20.8 Å². The molecule has 1 aromatic carbocycles. The highest BCUT2D eigenvalue weighted by atomic mass is 16.6. The number of benzene rings is 1. The van der Waals surface area contributed by atoms with E-state index in [1.165, 1.54) is 6.07 Å². The number of carbonyl (C=O) groups excluding carboxylic acids is 5. The number of aromatic nitrogens is 2. The zero-order chi connectivity index (χ0) is 38.4. The van der Waals surface area contributed by atoms with Gasteiger partial charge in [-0.1, -0.05) is 19.4 Å². The van der Waals surface area contributed by atoms with E-state index in [1.54, 1.807) is 33.8 Å². The molecule has 1 saturated carbocycles. The number of unbranched alkanes of at least 4 members (excludes halogenated alkanes) is 1. The zero-order valence-corrected chi connectivity index (χ0v) is 31.1. The predicted molar refractivity (Wildman–Crippen MR) is 195 cm³/mol. The molecule has 2 unspecified atom stereocenters. The number of hydrogen-bond acceptors (Lipinski definition) is 11. The highest BCUT2D eigenvalue weighted by Crippen LogP contribution is 2.28. The molecule has 54 heavy (non-hydrogen) atoms. The number of nitrogens with zero attached hydrogens (tertiary/aromatic N) is 5. The standard InChI is InChI=1S/C38H49N7O9/c1-4-5-18-52-38(51)44-16-14-43(15-17-44)37(50)30(20-27-24(3)54-42-34(27)47)41-35(48)29-21-32(26-12-11-23(2)19-28(26)40-29)53-22-33(46)45-13-7-10-31(45)36(49)39-25-8-6-9-25/h11-12,19,21,25,30-31H,4-10,13-18,20,22H2,1-3H3,(H,39,49)(H,41,48)(H,42,47). The minimum atomic E-state index is -1.16. The van der Waals surface area contributed by atoms with Crippen LogP contribution >= 0.6 is 0 Å². The van der Waals surface area contributed by atoms with Crippen LogP contribution in [0.3, 0.4) is 0 Å². The fourth-order valence-corrected chi connectivity index (χ4v) is 6.93. The van der Waals surface area contributed by atoms with E-state index in [4.69, 9.17) is 14.0 Å². The first-order valence-corrected chi connectivity index (χ1v) is 18.8. The zero-order valence-electron chi connectivity index (χ0n) is 31.1. The van der Waals surface area contributed by atoms with E-state index in [9.17, 15) is 29.1 Å². The van der Waals surface area contributed by atoms with Gasteiger partial charge < -0.3 is 44.4 Å². The number of rotatable bonds is 13. The van der Waals surface area contributed by atoms with Crippen molar-refractivity contribution in [2.45, 2.75) is 90.3 Å². The van der Waals surface area contributed by atoms with E-state index in [1.807, 2.05) is 19.9 Å². The highest BCUT2D eigenvalue weighted by molar-refractivity contribution is 5.99. The fourth-order valence-electron chi connectivity index (χ4n) is 6.93. The average molecular weight is 748 g/mol. The van der Waals surface area contributed by atoms with Crippen LogP contribution in [0.2, 0.25) is 0 Å². The van der Waals surface area contributed by atoms with Gasteiger partial charge in [0.05, 0.1) is 17.7 Å². The quantitative estimate of drug-likeness (QED) is 0.218. The monoisotopic (exact) mass is 747 g/mol. The Morgan fingerprint density at radius 2 is 1.76 bits per heavy atom. The number of aryl methyl sites for hydroxylation is 2. The molecule has 16 heteroatoms. The van der Waals surface area contributed by atoms with Crippen LogP contribution in [0.4, 0.5) is 4.79 Å². The van der Waals surface area contributed by atoms with Crippen molar-refractivity contribution < 1.29 is 43.1 Å². The van der Waals surface area contributed by atoms with Crippen molar-refractivity contribution in [3.05, 3.63) is 46.8 Å². The summed E-state index contributed by atoms with van der Waals surface area (Å²) >= 11 is 0. The van der Waals surface area contributed by atoms with E-state index in [-0.39, 0.29) is 79.9 Å². The third-order valence-electron chi connectivity index (χ3n) is 10.4. The molecule has 4 heterocycles. The van der Waals surface area contributed by atoms with Gasteiger partial charge in [0.2, 0.25) is 11.8 Å². The van der Waals surface area contributed by atoms with Gasteiger partial charge >= 0.3 is 6.09 Å². The number of piperazine rings is 1. The molecule has 2 aliphatic heterocycles. The summed E-state index contributed by atoms with van der Waals surface area (Å²) in [6.45, 7) is 6.83. The Kier molecular flexibility index (Phi) is 12.2. The third-order valence-corrected chi connectivity index (χ3v) is 10.4. The van der Waals surface area contributed by atoms with Crippen molar-refractivity contribution in [3.63, 3.8) is 0 Å². The molecule has 290 valence electrons. The van der Waals surface area contributed by atoms with Gasteiger partial charge in [0, 0.05) is 56.6 Å². The van der Waals surface area contributed by atoms with Crippen molar-refractivity contribution in [3.8, 4) is 11.6 Å². The van der Waals surface area contributed by atoms with E-state index >= 15 is 0 Å². The molecule has 1 aliphatic carbocycles. The number of likely N-dealkylation sites (tertiary alicyclic amines) is 1. The summed E-state index contributed by atoms with van der Waals surface area (Å²) in [7, 11) is 0. The minimum absolute atomic E-state index is 0.0572. The van der Waals surface area contributed by atoms with E-state index in [0.717, 1.165) is 37.7 Å². The van der Waals surface area contributed by atoms with Crippen molar-refractivity contribution in [2.75, 3.05) is 45.9 Å². The normalized spacial score (nSPS) is 17.9. The summed E-state index contributed by atoms with van der Waals surface area (Å²) in [6.07, 6.45) is 5.38. The molecule has 6 rings (SSSR count). The Hall–Kier alpha value is -5.41. The van der Waals surface area contributed by atoms with Gasteiger partial charge in [-0.3, -0.25) is 19.2 Å². The second-order valence-corrected chi connectivity index (χ2v) is 14.2. The lowest BCUT2D eigenvalue weighted by molar-refractivity contribution is -0.140. The Labute approximate surface area is 313 Å².